The Bertz CT molecular complexity index is 830. The van der Waals surface area contributed by atoms with Crippen molar-refractivity contribution in [1.29, 1.82) is 5.26 Å². The Morgan fingerprint density at radius 3 is 2.76 bits per heavy atom. The molecule has 0 aliphatic heterocycles. The molecule has 0 saturated heterocycles. The molecule has 0 bridgehead atoms. The third-order valence-corrected chi connectivity index (χ3v) is 4.17. The number of anilines is 1. The maximum Gasteiger partial charge on any atom is 0.338 e. The summed E-state index contributed by atoms with van der Waals surface area (Å²) in [6.07, 6.45) is 0. The van der Waals surface area contributed by atoms with Gasteiger partial charge in [-0.25, -0.2) is 4.79 Å². The zero-order valence-corrected chi connectivity index (χ0v) is 14.3. The summed E-state index contributed by atoms with van der Waals surface area (Å²) in [5.41, 5.74) is 1.36. The summed E-state index contributed by atoms with van der Waals surface area (Å²) >= 11 is 1.30. The van der Waals surface area contributed by atoms with Crippen molar-refractivity contribution in [3.8, 4) is 11.8 Å². The number of para-hydroxylation sites is 1. The highest BCUT2D eigenvalue weighted by Gasteiger charge is 2.13. The Morgan fingerprint density at radius 1 is 1.28 bits per heavy atom. The topological polar surface area (TPSA) is 99.4 Å². The number of carbonyl (C=O) groups is 2. The third-order valence-electron chi connectivity index (χ3n) is 3.23. The van der Waals surface area contributed by atoms with Crippen molar-refractivity contribution in [3.63, 3.8) is 0 Å². The minimum atomic E-state index is -0.697. The van der Waals surface area contributed by atoms with E-state index in [0.29, 0.717) is 11.3 Å². The molecule has 1 amide bonds. The molecule has 2 rings (SSSR count). The van der Waals surface area contributed by atoms with E-state index in [-0.39, 0.29) is 17.1 Å². The van der Waals surface area contributed by atoms with Gasteiger partial charge in [0.05, 0.1) is 23.1 Å². The van der Waals surface area contributed by atoms with Crippen molar-refractivity contribution < 1.29 is 19.4 Å². The first-order valence-corrected chi connectivity index (χ1v) is 8.35. The van der Waals surface area contributed by atoms with Crippen LogP contribution >= 0.6 is 11.8 Å². The smallest absolute Gasteiger partial charge is 0.338 e. The van der Waals surface area contributed by atoms with Gasteiger partial charge in [-0.3, -0.25) is 4.79 Å². The van der Waals surface area contributed by atoms with E-state index in [9.17, 15) is 14.7 Å². The molecule has 0 aliphatic rings. The summed E-state index contributed by atoms with van der Waals surface area (Å²) in [7, 11) is 0. The number of ether oxygens (including phenoxy) is 1. The zero-order valence-electron chi connectivity index (χ0n) is 13.5. The van der Waals surface area contributed by atoms with Gasteiger partial charge in [-0.05, 0) is 36.8 Å². The number of benzene rings is 2. The van der Waals surface area contributed by atoms with Crippen LogP contribution in [0.15, 0.2) is 47.4 Å². The van der Waals surface area contributed by atoms with E-state index in [2.05, 4.69) is 5.32 Å². The second-order valence-corrected chi connectivity index (χ2v) is 6.09. The number of nitrogens with one attached hydrogen (secondary N) is 1. The number of phenolic OH excluding ortho intramolecular Hbond substituents is 1. The molecule has 0 saturated carbocycles. The largest absolute Gasteiger partial charge is 0.508 e. The van der Waals surface area contributed by atoms with Gasteiger partial charge in [0.1, 0.15) is 5.75 Å². The van der Waals surface area contributed by atoms with Crippen LogP contribution in [0, 0.1) is 18.3 Å². The van der Waals surface area contributed by atoms with Crippen molar-refractivity contribution in [2.24, 2.45) is 0 Å². The number of thioether (sulfide) groups is 1. The van der Waals surface area contributed by atoms with Gasteiger partial charge in [0.2, 0.25) is 0 Å². The van der Waals surface area contributed by atoms with Crippen LogP contribution in [0.5, 0.6) is 5.75 Å². The van der Waals surface area contributed by atoms with E-state index >= 15 is 0 Å². The van der Waals surface area contributed by atoms with Crippen LogP contribution in [0.3, 0.4) is 0 Å². The molecule has 0 unspecified atom stereocenters. The molecule has 0 fully saturated rings. The van der Waals surface area contributed by atoms with Crippen LogP contribution in [0.25, 0.3) is 0 Å². The van der Waals surface area contributed by atoms with E-state index in [1.807, 2.05) is 6.07 Å². The van der Waals surface area contributed by atoms with Crippen LogP contribution in [0.2, 0.25) is 0 Å². The van der Waals surface area contributed by atoms with Crippen LogP contribution in [0.1, 0.15) is 15.9 Å². The van der Waals surface area contributed by atoms with Crippen LogP contribution < -0.4 is 5.32 Å². The summed E-state index contributed by atoms with van der Waals surface area (Å²) in [5.74, 6) is -0.937. The zero-order chi connectivity index (χ0) is 18.2. The minimum Gasteiger partial charge on any atom is -0.508 e. The van der Waals surface area contributed by atoms with E-state index in [1.165, 1.54) is 23.9 Å². The van der Waals surface area contributed by atoms with Gasteiger partial charge >= 0.3 is 5.97 Å². The summed E-state index contributed by atoms with van der Waals surface area (Å²) in [6.45, 7) is 1.25. The highest BCUT2D eigenvalue weighted by Crippen LogP contribution is 2.26. The average molecular weight is 356 g/mol. The molecule has 128 valence electrons. The molecule has 0 aliphatic carbocycles. The Morgan fingerprint density at radius 2 is 2.04 bits per heavy atom. The molecule has 0 heterocycles. The van der Waals surface area contributed by atoms with Gasteiger partial charge in [0.25, 0.3) is 5.91 Å². The minimum absolute atomic E-state index is 0.0117. The highest BCUT2D eigenvalue weighted by molar-refractivity contribution is 7.99. The maximum absolute atomic E-state index is 12.0. The van der Waals surface area contributed by atoms with Crippen molar-refractivity contribution in [3.05, 3.63) is 53.6 Å². The summed E-state index contributed by atoms with van der Waals surface area (Å²) in [4.78, 5) is 24.7. The number of carbonyl (C=O) groups excluding carboxylic acids is 2. The first kappa shape index (κ1) is 18.4. The van der Waals surface area contributed by atoms with Crippen molar-refractivity contribution in [1.82, 2.24) is 0 Å². The Kier molecular flexibility index (Phi) is 6.43. The van der Waals surface area contributed by atoms with Gasteiger partial charge in [-0.1, -0.05) is 18.2 Å². The molecule has 2 aromatic carbocycles. The normalized spacial score (nSPS) is 9.92. The quantitative estimate of drug-likeness (QED) is 0.609. The van der Waals surface area contributed by atoms with Gasteiger partial charge in [0, 0.05) is 4.90 Å². The molecule has 0 atom stereocenters. The number of nitriles is 1. The molecule has 2 aromatic rings. The predicted octanol–water partition coefficient (Wildman–Crippen LogP) is 3.11. The molecular formula is C18H16N2O4S. The van der Waals surface area contributed by atoms with E-state index in [4.69, 9.17) is 10.00 Å². The van der Waals surface area contributed by atoms with Gasteiger partial charge in [0.15, 0.2) is 6.61 Å². The van der Waals surface area contributed by atoms with Gasteiger partial charge < -0.3 is 15.2 Å². The lowest BCUT2D eigenvalue weighted by Gasteiger charge is -2.10. The number of hydrogen-bond acceptors (Lipinski definition) is 6. The fourth-order valence-corrected chi connectivity index (χ4v) is 2.61. The lowest BCUT2D eigenvalue weighted by atomic mass is 10.1. The number of aromatic hydroxyl groups is 1. The van der Waals surface area contributed by atoms with E-state index in [1.54, 1.807) is 37.3 Å². The Labute approximate surface area is 149 Å². The molecule has 7 heteroatoms. The summed E-state index contributed by atoms with van der Waals surface area (Å²) in [5, 5.41) is 20.9. The molecular weight excluding hydrogens is 340 g/mol. The highest BCUT2D eigenvalue weighted by atomic mass is 32.2. The van der Waals surface area contributed by atoms with Gasteiger partial charge in [-0.2, -0.15) is 5.26 Å². The SMILES string of the molecule is Cc1ccc(C(=O)OCC(=O)Nc2ccccc2SCC#N)cc1O. The number of rotatable bonds is 6. The van der Waals surface area contributed by atoms with Gasteiger partial charge in [-0.15, -0.1) is 11.8 Å². The number of phenols is 1. The number of aryl methyl sites for hydroxylation is 1. The van der Waals surface area contributed by atoms with E-state index in [0.717, 1.165) is 4.90 Å². The lowest BCUT2D eigenvalue weighted by molar-refractivity contribution is -0.119. The van der Waals surface area contributed by atoms with Crippen LogP contribution in [-0.4, -0.2) is 29.3 Å². The lowest BCUT2D eigenvalue weighted by Crippen LogP contribution is -2.21. The fourth-order valence-electron chi connectivity index (χ4n) is 1.94. The molecule has 25 heavy (non-hydrogen) atoms. The van der Waals surface area contributed by atoms with Crippen LogP contribution in [0.4, 0.5) is 5.69 Å². The van der Waals surface area contributed by atoms with Crippen LogP contribution in [-0.2, 0) is 9.53 Å². The average Bonchev–Trinajstić information content (AvgIpc) is 2.61. The standard InChI is InChI=1S/C18H16N2O4S/c1-12-6-7-13(10-15(12)21)18(23)24-11-17(22)20-14-4-2-3-5-16(14)25-9-8-19/h2-7,10,21H,9,11H2,1H3,(H,20,22). The number of amides is 1. The predicted molar refractivity (Wildman–Crippen MR) is 94.5 cm³/mol. The first-order chi connectivity index (χ1) is 12.0. The molecule has 0 aromatic heterocycles. The molecule has 0 spiro atoms. The second-order valence-electron chi connectivity index (χ2n) is 5.07. The second kappa shape index (κ2) is 8.76. The third kappa shape index (κ3) is 5.26. The maximum atomic E-state index is 12.0. The molecule has 2 N–H and O–H groups in total. The summed E-state index contributed by atoms with van der Waals surface area (Å²) in [6, 6.07) is 13.5. The molecule has 6 nitrogen and oxygen atoms in total. The Hall–Kier alpha value is -2.98. The molecule has 0 radical (unpaired) electrons. The number of nitrogens with zero attached hydrogens (tertiary/aromatic N) is 1. The van der Waals surface area contributed by atoms with Crippen molar-refractivity contribution in [2.75, 3.05) is 17.7 Å². The number of esters is 1. The van der Waals surface area contributed by atoms with Crippen molar-refractivity contribution in [2.45, 2.75) is 11.8 Å². The monoisotopic (exact) mass is 356 g/mol. The van der Waals surface area contributed by atoms with Crippen molar-refractivity contribution >= 4 is 29.3 Å². The Balaban J connectivity index is 1.93. The fraction of sp³-hybridized carbons (Fsp3) is 0.167. The van der Waals surface area contributed by atoms with E-state index < -0.39 is 18.5 Å². The first-order valence-electron chi connectivity index (χ1n) is 7.36. The summed E-state index contributed by atoms with van der Waals surface area (Å²) < 4.78 is 4.96. The number of hydrogen-bond donors (Lipinski definition) is 2.